The predicted molar refractivity (Wildman–Crippen MR) is 50.6 cm³/mol. The van der Waals surface area contributed by atoms with Crippen LogP contribution in [-0.2, 0) is 9.53 Å². The quantitative estimate of drug-likeness (QED) is 0.598. The van der Waals surface area contributed by atoms with E-state index in [2.05, 4.69) is 4.90 Å². The van der Waals surface area contributed by atoms with Gasteiger partial charge in [0.25, 0.3) is 0 Å². The van der Waals surface area contributed by atoms with E-state index < -0.39 is 0 Å². The fraction of sp³-hybridized carbons (Fsp3) is 0.889. The zero-order valence-electron chi connectivity index (χ0n) is 8.45. The first-order valence-corrected chi connectivity index (χ1v) is 4.70. The number of hydrogen-bond donors (Lipinski definition) is 0. The summed E-state index contributed by atoms with van der Waals surface area (Å²) < 4.78 is 5.30. The first kappa shape index (κ1) is 10.5. The highest BCUT2D eigenvalue weighted by Gasteiger charge is 2.13. The second-order valence-electron chi connectivity index (χ2n) is 3.53. The Morgan fingerprint density at radius 1 is 1.38 bits per heavy atom. The van der Waals surface area contributed by atoms with Crippen molar-refractivity contribution in [1.82, 2.24) is 9.80 Å². The van der Waals surface area contributed by atoms with Crippen LogP contribution in [0.5, 0.6) is 0 Å². The first-order chi connectivity index (χ1) is 6.20. The molecule has 1 amide bonds. The minimum absolute atomic E-state index is 0.168. The van der Waals surface area contributed by atoms with Crippen LogP contribution in [0.2, 0.25) is 0 Å². The number of rotatable bonds is 2. The van der Waals surface area contributed by atoms with E-state index in [9.17, 15) is 4.79 Å². The van der Waals surface area contributed by atoms with Crippen molar-refractivity contribution in [3.8, 4) is 0 Å². The van der Waals surface area contributed by atoms with Crippen LogP contribution in [0.4, 0.5) is 0 Å². The lowest BCUT2D eigenvalue weighted by Gasteiger charge is -2.20. The topological polar surface area (TPSA) is 32.8 Å². The highest BCUT2D eigenvalue weighted by atomic mass is 16.5. The van der Waals surface area contributed by atoms with Gasteiger partial charge in [-0.05, 0) is 6.42 Å². The van der Waals surface area contributed by atoms with Crippen molar-refractivity contribution in [1.29, 1.82) is 0 Å². The van der Waals surface area contributed by atoms with Gasteiger partial charge in [0, 0.05) is 33.8 Å². The summed E-state index contributed by atoms with van der Waals surface area (Å²) in [5.74, 6) is 0.168. The van der Waals surface area contributed by atoms with Gasteiger partial charge in [-0.25, -0.2) is 0 Å². The molecule has 0 aromatic rings. The van der Waals surface area contributed by atoms with E-state index in [0.717, 1.165) is 32.7 Å². The molecule has 76 valence electrons. The van der Waals surface area contributed by atoms with Gasteiger partial charge >= 0.3 is 0 Å². The van der Waals surface area contributed by atoms with E-state index in [0.29, 0.717) is 6.54 Å². The molecule has 1 heterocycles. The van der Waals surface area contributed by atoms with Gasteiger partial charge in [0.15, 0.2) is 0 Å². The van der Waals surface area contributed by atoms with E-state index in [4.69, 9.17) is 4.74 Å². The van der Waals surface area contributed by atoms with Crippen molar-refractivity contribution in [2.75, 3.05) is 46.9 Å². The number of ether oxygens (including phenoxy) is 1. The minimum Gasteiger partial charge on any atom is -0.380 e. The number of nitrogens with zero attached hydrogens (tertiary/aromatic N) is 2. The smallest absolute Gasteiger partial charge is 0.236 e. The first-order valence-electron chi connectivity index (χ1n) is 4.70. The Morgan fingerprint density at radius 3 is 2.85 bits per heavy atom. The Balaban J connectivity index is 2.29. The Bertz CT molecular complexity index is 163. The lowest BCUT2D eigenvalue weighted by atomic mass is 10.4. The molecule has 0 unspecified atom stereocenters. The maximum absolute atomic E-state index is 11.4. The van der Waals surface area contributed by atoms with Crippen LogP contribution in [0.25, 0.3) is 0 Å². The van der Waals surface area contributed by atoms with Gasteiger partial charge in [-0.3, -0.25) is 9.69 Å². The standard InChI is InChI=1S/C9H18N2O2/c1-10(2)9(12)8-11-4-3-6-13-7-5-11/h3-8H2,1-2H3. The van der Waals surface area contributed by atoms with Gasteiger partial charge in [0.05, 0.1) is 13.2 Å². The molecule has 0 bridgehead atoms. The second-order valence-corrected chi connectivity index (χ2v) is 3.53. The molecule has 0 aliphatic carbocycles. The summed E-state index contributed by atoms with van der Waals surface area (Å²) in [5.41, 5.74) is 0. The molecule has 1 aliphatic rings. The lowest BCUT2D eigenvalue weighted by Crippen LogP contribution is -2.37. The fourth-order valence-corrected chi connectivity index (χ4v) is 1.29. The summed E-state index contributed by atoms with van der Waals surface area (Å²) in [4.78, 5) is 15.1. The molecule has 4 nitrogen and oxygen atoms in total. The van der Waals surface area contributed by atoms with E-state index in [-0.39, 0.29) is 5.91 Å². The summed E-state index contributed by atoms with van der Waals surface area (Å²) in [5, 5.41) is 0. The number of carbonyl (C=O) groups is 1. The van der Waals surface area contributed by atoms with Gasteiger partial charge in [-0.15, -0.1) is 0 Å². The third kappa shape index (κ3) is 3.74. The van der Waals surface area contributed by atoms with Crippen molar-refractivity contribution in [3.63, 3.8) is 0 Å². The Labute approximate surface area is 79.4 Å². The van der Waals surface area contributed by atoms with Crippen LogP contribution in [-0.4, -0.2) is 62.7 Å². The number of amides is 1. The van der Waals surface area contributed by atoms with Crippen LogP contribution in [0.1, 0.15) is 6.42 Å². The van der Waals surface area contributed by atoms with Crippen molar-refractivity contribution < 1.29 is 9.53 Å². The highest BCUT2D eigenvalue weighted by Crippen LogP contribution is 1.98. The van der Waals surface area contributed by atoms with Crippen LogP contribution in [0.3, 0.4) is 0 Å². The minimum atomic E-state index is 0.168. The molecule has 0 saturated carbocycles. The number of likely N-dealkylation sites (N-methyl/N-ethyl adjacent to an activating group) is 1. The molecule has 0 N–H and O–H groups in total. The van der Waals surface area contributed by atoms with Gasteiger partial charge < -0.3 is 9.64 Å². The zero-order valence-corrected chi connectivity index (χ0v) is 8.45. The monoisotopic (exact) mass is 186 g/mol. The maximum Gasteiger partial charge on any atom is 0.236 e. The molecule has 4 heteroatoms. The average Bonchev–Trinajstić information content (AvgIpc) is 2.32. The summed E-state index contributed by atoms with van der Waals surface area (Å²) in [7, 11) is 3.58. The van der Waals surface area contributed by atoms with Crippen LogP contribution >= 0.6 is 0 Å². The van der Waals surface area contributed by atoms with Crippen molar-refractivity contribution >= 4 is 5.91 Å². The van der Waals surface area contributed by atoms with E-state index in [1.165, 1.54) is 0 Å². The van der Waals surface area contributed by atoms with Gasteiger partial charge in [0.2, 0.25) is 5.91 Å². The third-order valence-corrected chi connectivity index (χ3v) is 2.17. The molecular weight excluding hydrogens is 168 g/mol. The molecule has 0 aromatic carbocycles. The summed E-state index contributed by atoms with van der Waals surface area (Å²) >= 11 is 0. The summed E-state index contributed by atoms with van der Waals surface area (Å²) in [6.45, 7) is 3.95. The molecule has 13 heavy (non-hydrogen) atoms. The van der Waals surface area contributed by atoms with Gasteiger partial charge in [0.1, 0.15) is 0 Å². The lowest BCUT2D eigenvalue weighted by molar-refractivity contribution is -0.129. The second kappa shape index (κ2) is 5.19. The molecule has 0 atom stereocenters. The molecule has 1 fully saturated rings. The molecule has 1 saturated heterocycles. The Kier molecular flexibility index (Phi) is 4.18. The normalized spacial score (nSPS) is 19.5. The van der Waals surface area contributed by atoms with Crippen LogP contribution in [0, 0.1) is 0 Å². The summed E-state index contributed by atoms with van der Waals surface area (Å²) in [6.07, 6.45) is 1.03. The maximum atomic E-state index is 11.4. The summed E-state index contributed by atoms with van der Waals surface area (Å²) in [6, 6.07) is 0. The average molecular weight is 186 g/mol. The van der Waals surface area contributed by atoms with E-state index in [1.54, 1.807) is 19.0 Å². The van der Waals surface area contributed by atoms with Gasteiger partial charge in [-0.2, -0.15) is 0 Å². The van der Waals surface area contributed by atoms with Crippen LogP contribution < -0.4 is 0 Å². The molecule has 0 radical (unpaired) electrons. The third-order valence-electron chi connectivity index (χ3n) is 2.17. The zero-order chi connectivity index (χ0) is 9.68. The molecule has 1 aliphatic heterocycles. The van der Waals surface area contributed by atoms with Crippen molar-refractivity contribution in [2.45, 2.75) is 6.42 Å². The van der Waals surface area contributed by atoms with Gasteiger partial charge in [-0.1, -0.05) is 0 Å². The Hall–Kier alpha value is -0.610. The van der Waals surface area contributed by atoms with E-state index >= 15 is 0 Å². The molecule has 0 spiro atoms. The largest absolute Gasteiger partial charge is 0.380 e. The molecular formula is C9H18N2O2. The molecule has 1 rings (SSSR count). The van der Waals surface area contributed by atoms with E-state index in [1.807, 2.05) is 0 Å². The fourth-order valence-electron chi connectivity index (χ4n) is 1.29. The molecule has 0 aromatic heterocycles. The number of hydrogen-bond acceptors (Lipinski definition) is 3. The highest BCUT2D eigenvalue weighted by molar-refractivity contribution is 5.77. The van der Waals surface area contributed by atoms with Crippen molar-refractivity contribution in [3.05, 3.63) is 0 Å². The number of carbonyl (C=O) groups excluding carboxylic acids is 1. The SMILES string of the molecule is CN(C)C(=O)CN1CCCOCC1. The van der Waals surface area contributed by atoms with Crippen LogP contribution in [0.15, 0.2) is 0 Å². The Morgan fingerprint density at radius 2 is 2.15 bits per heavy atom. The van der Waals surface area contributed by atoms with Crippen molar-refractivity contribution in [2.24, 2.45) is 0 Å². The predicted octanol–water partition coefficient (Wildman–Crippen LogP) is -0.203.